The number of fused-ring (bicyclic) bond motifs is 1. The summed E-state index contributed by atoms with van der Waals surface area (Å²) in [5.41, 5.74) is 1.71. The summed E-state index contributed by atoms with van der Waals surface area (Å²) in [5.74, 6) is -0.0512. The Kier molecular flexibility index (Phi) is 3.76. The van der Waals surface area contributed by atoms with Gasteiger partial charge in [0.2, 0.25) is 5.91 Å². The molecule has 1 fully saturated rings. The Balaban J connectivity index is 1.41. The van der Waals surface area contributed by atoms with Crippen molar-refractivity contribution in [1.29, 1.82) is 0 Å². The molecule has 0 saturated carbocycles. The molecule has 7 nitrogen and oxygen atoms in total. The summed E-state index contributed by atoms with van der Waals surface area (Å²) < 4.78 is 1.82. The van der Waals surface area contributed by atoms with E-state index in [1.54, 1.807) is 11.2 Å². The van der Waals surface area contributed by atoms with Gasteiger partial charge < -0.3 is 9.80 Å². The van der Waals surface area contributed by atoms with E-state index in [1.807, 2.05) is 33.8 Å². The van der Waals surface area contributed by atoms with Crippen LogP contribution in [0.4, 0.5) is 0 Å². The van der Waals surface area contributed by atoms with Crippen molar-refractivity contribution >= 4 is 11.8 Å². The third-order valence-corrected chi connectivity index (χ3v) is 4.78. The van der Waals surface area contributed by atoms with Crippen molar-refractivity contribution in [1.82, 2.24) is 24.6 Å². The molecule has 3 heterocycles. The Bertz CT molecular complexity index is 758. The van der Waals surface area contributed by atoms with Gasteiger partial charge in [-0.2, -0.15) is 5.10 Å². The fraction of sp³-hybridized carbons (Fsp3) is 0.412. The van der Waals surface area contributed by atoms with E-state index in [9.17, 15) is 9.59 Å². The van der Waals surface area contributed by atoms with Gasteiger partial charge >= 0.3 is 0 Å². The second kappa shape index (κ2) is 6.07. The molecule has 7 heteroatoms. The average molecular weight is 325 g/mol. The molecule has 0 bridgehead atoms. The summed E-state index contributed by atoms with van der Waals surface area (Å²) in [6.45, 7) is 2.01. The SMILES string of the molecule is O=C(CN1Cc2ccccc2C1=O)N1CCC[C@H](n2cncn2)C1. The van der Waals surface area contributed by atoms with Gasteiger partial charge in [-0.3, -0.25) is 9.59 Å². The van der Waals surface area contributed by atoms with Crippen molar-refractivity contribution in [2.45, 2.75) is 25.4 Å². The van der Waals surface area contributed by atoms with Gasteiger partial charge in [0, 0.05) is 25.2 Å². The fourth-order valence-electron chi connectivity index (χ4n) is 3.51. The number of rotatable bonds is 3. The Morgan fingerprint density at radius 1 is 1.29 bits per heavy atom. The molecule has 1 saturated heterocycles. The molecule has 2 aliphatic heterocycles. The van der Waals surface area contributed by atoms with Crippen LogP contribution in [0.5, 0.6) is 0 Å². The number of benzene rings is 1. The molecule has 2 amide bonds. The topological polar surface area (TPSA) is 71.3 Å². The van der Waals surface area contributed by atoms with Crippen molar-refractivity contribution < 1.29 is 9.59 Å². The normalized spacial score (nSPS) is 20.3. The van der Waals surface area contributed by atoms with Gasteiger partial charge in [0.05, 0.1) is 6.04 Å². The molecule has 0 aliphatic carbocycles. The van der Waals surface area contributed by atoms with E-state index >= 15 is 0 Å². The summed E-state index contributed by atoms with van der Waals surface area (Å²) in [4.78, 5) is 32.5. The number of piperidine rings is 1. The molecule has 2 aliphatic rings. The highest BCUT2D eigenvalue weighted by Crippen LogP contribution is 2.24. The zero-order valence-electron chi connectivity index (χ0n) is 13.3. The van der Waals surface area contributed by atoms with Crippen molar-refractivity contribution in [3.05, 3.63) is 48.0 Å². The van der Waals surface area contributed by atoms with Crippen LogP contribution < -0.4 is 0 Å². The first-order valence-electron chi connectivity index (χ1n) is 8.21. The van der Waals surface area contributed by atoms with Gasteiger partial charge in [-0.05, 0) is 24.5 Å². The lowest BCUT2D eigenvalue weighted by molar-refractivity contribution is -0.133. The number of amides is 2. The summed E-state index contributed by atoms with van der Waals surface area (Å²) in [6, 6.07) is 7.71. The van der Waals surface area contributed by atoms with E-state index in [0.717, 1.165) is 24.9 Å². The van der Waals surface area contributed by atoms with Crippen molar-refractivity contribution in [3.63, 3.8) is 0 Å². The number of carbonyl (C=O) groups is 2. The lowest BCUT2D eigenvalue weighted by Crippen LogP contribution is -2.45. The Labute approximate surface area is 139 Å². The average Bonchev–Trinajstić information content (AvgIpc) is 3.25. The third-order valence-electron chi connectivity index (χ3n) is 4.78. The standard InChI is InChI=1S/C17H19N5O2/c23-16(10-21-8-13-4-1-2-6-15(13)17(21)24)20-7-3-5-14(9-20)22-12-18-11-19-22/h1-2,4,6,11-12,14H,3,5,7-10H2/t14-/m0/s1. The molecular weight excluding hydrogens is 306 g/mol. The highest BCUT2D eigenvalue weighted by molar-refractivity contribution is 6.00. The van der Waals surface area contributed by atoms with E-state index in [0.29, 0.717) is 18.7 Å². The molecule has 1 atom stereocenters. The third kappa shape index (κ3) is 2.66. The van der Waals surface area contributed by atoms with Crippen molar-refractivity contribution in [3.8, 4) is 0 Å². The lowest BCUT2D eigenvalue weighted by atomic mass is 10.1. The quantitative estimate of drug-likeness (QED) is 0.847. The molecule has 24 heavy (non-hydrogen) atoms. The van der Waals surface area contributed by atoms with Gasteiger partial charge in [-0.1, -0.05) is 18.2 Å². The Hall–Kier alpha value is -2.70. The first-order chi connectivity index (χ1) is 11.7. The van der Waals surface area contributed by atoms with Crippen LogP contribution in [0.3, 0.4) is 0 Å². The van der Waals surface area contributed by atoms with Crippen LogP contribution in [0, 0.1) is 0 Å². The predicted octanol–water partition coefficient (Wildman–Crippen LogP) is 1.10. The number of hydrogen-bond acceptors (Lipinski definition) is 4. The van der Waals surface area contributed by atoms with Crippen molar-refractivity contribution in [2.75, 3.05) is 19.6 Å². The maximum atomic E-state index is 12.7. The molecule has 0 unspecified atom stereocenters. The van der Waals surface area contributed by atoms with Crippen LogP contribution in [-0.4, -0.2) is 56.0 Å². The van der Waals surface area contributed by atoms with Gasteiger partial charge in [0.25, 0.3) is 5.91 Å². The largest absolute Gasteiger partial charge is 0.339 e. The van der Waals surface area contributed by atoms with Gasteiger partial charge in [-0.25, -0.2) is 9.67 Å². The molecule has 0 N–H and O–H groups in total. The molecule has 0 spiro atoms. The van der Waals surface area contributed by atoms with E-state index in [1.165, 1.54) is 6.33 Å². The van der Waals surface area contributed by atoms with Gasteiger partial charge in [0.1, 0.15) is 19.2 Å². The number of aromatic nitrogens is 3. The van der Waals surface area contributed by atoms with Crippen LogP contribution in [0.15, 0.2) is 36.9 Å². The smallest absolute Gasteiger partial charge is 0.254 e. The zero-order chi connectivity index (χ0) is 16.5. The summed E-state index contributed by atoms with van der Waals surface area (Å²) >= 11 is 0. The molecule has 2 aromatic rings. The van der Waals surface area contributed by atoms with Crippen LogP contribution in [0.2, 0.25) is 0 Å². The van der Waals surface area contributed by atoms with Crippen LogP contribution in [-0.2, 0) is 11.3 Å². The van der Waals surface area contributed by atoms with Crippen molar-refractivity contribution in [2.24, 2.45) is 0 Å². The lowest BCUT2D eigenvalue weighted by Gasteiger charge is -2.33. The van der Waals surface area contributed by atoms with Crippen LogP contribution >= 0.6 is 0 Å². The minimum atomic E-state index is -0.0521. The Morgan fingerprint density at radius 2 is 2.17 bits per heavy atom. The first-order valence-corrected chi connectivity index (χ1v) is 8.21. The predicted molar refractivity (Wildman–Crippen MR) is 86.1 cm³/mol. The zero-order valence-corrected chi connectivity index (χ0v) is 13.3. The second-order valence-corrected chi connectivity index (χ2v) is 6.33. The first kappa shape index (κ1) is 14.9. The number of likely N-dealkylation sites (tertiary alicyclic amines) is 1. The molecular formula is C17H19N5O2. The highest BCUT2D eigenvalue weighted by Gasteiger charge is 2.31. The number of hydrogen-bond donors (Lipinski definition) is 0. The monoisotopic (exact) mass is 325 g/mol. The summed E-state index contributed by atoms with van der Waals surface area (Å²) in [5, 5.41) is 4.18. The number of nitrogens with zero attached hydrogens (tertiary/aromatic N) is 5. The van der Waals surface area contributed by atoms with Gasteiger partial charge in [-0.15, -0.1) is 0 Å². The van der Waals surface area contributed by atoms with Gasteiger partial charge in [0.15, 0.2) is 0 Å². The van der Waals surface area contributed by atoms with Crippen LogP contribution in [0.1, 0.15) is 34.8 Å². The molecule has 1 aromatic heterocycles. The Morgan fingerprint density at radius 3 is 2.96 bits per heavy atom. The molecule has 4 rings (SSSR count). The van der Waals surface area contributed by atoms with E-state index in [2.05, 4.69) is 10.1 Å². The fourth-order valence-corrected chi connectivity index (χ4v) is 3.51. The minimum Gasteiger partial charge on any atom is -0.339 e. The van der Waals surface area contributed by atoms with Crippen LogP contribution in [0.25, 0.3) is 0 Å². The highest BCUT2D eigenvalue weighted by atomic mass is 16.2. The second-order valence-electron chi connectivity index (χ2n) is 6.33. The molecule has 1 aromatic carbocycles. The molecule has 0 radical (unpaired) electrons. The minimum absolute atomic E-state index is 0.000899. The summed E-state index contributed by atoms with van der Waals surface area (Å²) in [7, 11) is 0. The maximum absolute atomic E-state index is 12.7. The summed E-state index contributed by atoms with van der Waals surface area (Å²) in [6.07, 6.45) is 5.13. The molecule has 124 valence electrons. The van der Waals surface area contributed by atoms with E-state index < -0.39 is 0 Å². The van der Waals surface area contributed by atoms with E-state index in [4.69, 9.17) is 0 Å². The number of carbonyl (C=O) groups excluding carboxylic acids is 2. The maximum Gasteiger partial charge on any atom is 0.254 e. The van der Waals surface area contributed by atoms with E-state index in [-0.39, 0.29) is 24.4 Å².